The zero-order chi connectivity index (χ0) is 19.3. The summed E-state index contributed by atoms with van der Waals surface area (Å²) in [4.78, 5) is 14.6. The van der Waals surface area contributed by atoms with Crippen LogP contribution in [-0.2, 0) is 11.2 Å². The molecule has 1 unspecified atom stereocenters. The molecule has 0 aliphatic carbocycles. The molecule has 0 spiro atoms. The lowest BCUT2D eigenvalue weighted by molar-refractivity contribution is -0.131. The van der Waals surface area contributed by atoms with Gasteiger partial charge in [0, 0.05) is 36.3 Å². The second-order valence-electron chi connectivity index (χ2n) is 7.00. The minimum Gasteiger partial charge on any atom is -0.330 e. The summed E-state index contributed by atoms with van der Waals surface area (Å²) in [5, 5.41) is 4.90. The minimum absolute atomic E-state index is 0.190. The van der Waals surface area contributed by atoms with Crippen LogP contribution < -0.4 is 0 Å². The van der Waals surface area contributed by atoms with Crippen LogP contribution in [-0.4, -0.2) is 38.3 Å². The van der Waals surface area contributed by atoms with Crippen molar-refractivity contribution in [3.05, 3.63) is 72.4 Å². The number of para-hydroxylation sites is 1. The molecule has 0 N–H and O–H groups in total. The number of hydrogen-bond donors (Lipinski definition) is 0. The Morgan fingerprint density at radius 3 is 2.54 bits per heavy atom. The topological polar surface area (TPSA) is 38.1 Å². The SMILES string of the molecule is CCCC(=O)N1CCSC1Cc1cnn(-c2ccccc2)c1-c1ccccc1. The van der Waals surface area contributed by atoms with E-state index in [1.165, 1.54) is 5.56 Å². The first-order chi connectivity index (χ1) is 13.8. The summed E-state index contributed by atoms with van der Waals surface area (Å²) in [5.41, 5.74) is 4.49. The molecule has 5 heteroatoms. The zero-order valence-electron chi connectivity index (χ0n) is 16.1. The predicted octanol–water partition coefficient (Wildman–Crippen LogP) is 4.78. The number of hydrogen-bond acceptors (Lipinski definition) is 3. The van der Waals surface area contributed by atoms with E-state index in [0.29, 0.717) is 6.42 Å². The van der Waals surface area contributed by atoms with E-state index in [1.807, 2.05) is 46.9 Å². The molecule has 1 fully saturated rings. The molecule has 1 aromatic heterocycles. The first-order valence-electron chi connectivity index (χ1n) is 9.86. The fourth-order valence-corrected chi connectivity index (χ4v) is 5.00. The Bertz CT molecular complexity index is 924. The average molecular weight is 392 g/mol. The summed E-state index contributed by atoms with van der Waals surface area (Å²) in [6.45, 7) is 2.91. The average Bonchev–Trinajstić information content (AvgIpc) is 3.37. The summed E-state index contributed by atoms with van der Waals surface area (Å²) in [7, 11) is 0. The molecule has 0 bridgehead atoms. The van der Waals surface area contributed by atoms with E-state index in [-0.39, 0.29) is 11.3 Å². The molecule has 2 aromatic carbocycles. The minimum atomic E-state index is 0.190. The summed E-state index contributed by atoms with van der Waals surface area (Å²) in [6, 6.07) is 20.6. The van der Waals surface area contributed by atoms with Crippen molar-refractivity contribution in [2.24, 2.45) is 0 Å². The van der Waals surface area contributed by atoms with E-state index in [4.69, 9.17) is 5.10 Å². The molecular weight excluding hydrogens is 366 g/mol. The summed E-state index contributed by atoms with van der Waals surface area (Å²) < 4.78 is 2.02. The van der Waals surface area contributed by atoms with Crippen molar-refractivity contribution in [1.29, 1.82) is 0 Å². The molecule has 4 rings (SSSR count). The van der Waals surface area contributed by atoms with Gasteiger partial charge in [0.15, 0.2) is 0 Å². The van der Waals surface area contributed by atoms with Crippen LogP contribution in [0.3, 0.4) is 0 Å². The van der Waals surface area contributed by atoms with Gasteiger partial charge in [-0.3, -0.25) is 4.79 Å². The molecule has 2 heterocycles. The molecule has 1 aliphatic rings. The number of aromatic nitrogens is 2. The van der Waals surface area contributed by atoms with Gasteiger partial charge in [0.05, 0.1) is 23.0 Å². The second kappa shape index (κ2) is 8.65. The Morgan fingerprint density at radius 2 is 1.82 bits per heavy atom. The van der Waals surface area contributed by atoms with E-state index in [2.05, 4.69) is 48.2 Å². The van der Waals surface area contributed by atoms with Crippen molar-refractivity contribution in [1.82, 2.24) is 14.7 Å². The normalized spacial score (nSPS) is 16.5. The fraction of sp³-hybridized carbons (Fsp3) is 0.304. The first kappa shape index (κ1) is 18.8. The number of carbonyl (C=O) groups excluding carboxylic acids is 1. The van der Waals surface area contributed by atoms with Gasteiger partial charge < -0.3 is 4.90 Å². The van der Waals surface area contributed by atoms with Crippen molar-refractivity contribution in [2.45, 2.75) is 31.6 Å². The fourth-order valence-electron chi connectivity index (χ4n) is 3.72. The van der Waals surface area contributed by atoms with Crippen molar-refractivity contribution in [3.8, 4) is 16.9 Å². The third-order valence-electron chi connectivity index (χ3n) is 5.06. The highest BCUT2D eigenvalue weighted by molar-refractivity contribution is 8.00. The lowest BCUT2D eigenvalue weighted by atomic mass is 10.0. The number of nitrogens with zero attached hydrogens (tertiary/aromatic N) is 3. The Hall–Kier alpha value is -2.53. The molecule has 0 saturated carbocycles. The largest absolute Gasteiger partial charge is 0.330 e. The number of benzene rings is 2. The zero-order valence-corrected chi connectivity index (χ0v) is 16.9. The van der Waals surface area contributed by atoms with Crippen LogP contribution in [0.15, 0.2) is 66.9 Å². The highest BCUT2D eigenvalue weighted by atomic mass is 32.2. The van der Waals surface area contributed by atoms with E-state index in [0.717, 1.165) is 42.1 Å². The van der Waals surface area contributed by atoms with E-state index >= 15 is 0 Å². The number of amides is 1. The van der Waals surface area contributed by atoms with Gasteiger partial charge >= 0.3 is 0 Å². The van der Waals surface area contributed by atoms with Crippen LogP contribution >= 0.6 is 11.8 Å². The highest BCUT2D eigenvalue weighted by Gasteiger charge is 2.30. The van der Waals surface area contributed by atoms with E-state index in [1.54, 1.807) is 0 Å². The lowest BCUT2D eigenvalue weighted by Gasteiger charge is -2.24. The maximum absolute atomic E-state index is 12.5. The summed E-state index contributed by atoms with van der Waals surface area (Å²) in [6.07, 6.45) is 4.31. The van der Waals surface area contributed by atoms with E-state index in [9.17, 15) is 4.79 Å². The molecule has 4 nitrogen and oxygen atoms in total. The monoisotopic (exact) mass is 391 g/mol. The summed E-state index contributed by atoms with van der Waals surface area (Å²) >= 11 is 1.88. The lowest BCUT2D eigenvalue weighted by Crippen LogP contribution is -2.35. The first-order valence-corrected chi connectivity index (χ1v) is 10.9. The smallest absolute Gasteiger partial charge is 0.223 e. The third-order valence-corrected chi connectivity index (χ3v) is 6.29. The van der Waals surface area contributed by atoms with Gasteiger partial charge in [-0.2, -0.15) is 5.10 Å². The van der Waals surface area contributed by atoms with Crippen LogP contribution in [0.4, 0.5) is 0 Å². The van der Waals surface area contributed by atoms with Crippen molar-refractivity contribution < 1.29 is 4.79 Å². The van der Waals surface area contributed by atoms with Crippen molar-refractivity contribution >= 4 is 17.7 Å². The van der Waals surface area contributed by atoms with Gasteiger partial charge in [-0.1, -0.05) is 55.5 Å². The maximum atomic E-state index is 12.5. The molecule has 1 saturated heterocycles. The number of carbonyl (C=O) groups is 1. The van der Waals surface area contributed by atoms with Gasteiger partial charge in [-0.25, -0.2) is 4.68 Å². The molecule has 0 radical (unpaired) electrons. The van der Waals surface area contributed by atoms with Gasteiger partial charge in [-0.15, -0.1) is 11.8 Å². The van der Waals surface area contributed by atoms with Crippen LogP contribution in [0.2, 0.25) is 0 Å². The predicted molar refractivity (Wildman–Crippen MR) is 116 cm³/mol. The highest BCUT2D eigenvalue weighted by Crippen LogP contribution is 2.33. The molecule has 28 heavy (non-hydrogen) atoms. The Balaban J connectivity index is 1.70. The molecule has 1 aliphatic heterocycles. The molecule has 3 aromatic rings. The third kappa shape index (κ3) is 3.85. The van der Waals surface area contributed by atoms with Gasteiger partial charge in [0.1, 0.15) is 0 Å². The van der Waals surface area contributed by atoms with Crippen molar-refractivity contribution in [2.75, 3.05) is 12.3 Å². The van der Waals surface area contributed by atoms with Crippen LogP contribution in [0.5, 0.6) is 0 Å². The summed E-state index contributed by atoms with van der Waals surface area (Å²) in [5.74, 6) is 1.28. The van der Waals surface area contributed by atoms with Crippen LogP contribution in [0.1, 0.15) is 25.3 Å². The standard InChI is InChI=1S/C23H25N3OS/c1-2-9-21(27)25-14-15-28-22(25)16-19-17-24-26(20-12-7-4-8-13-20)23(19)18-10-5-3-6-11-18/h3-8,10-13,17,22H,2,9,14-16H2,1H3. The van der Waals surface area contributed by atoms with Gasteiger partial charge in [-0.05, 0) is 18.6 Å². The van der Waals surface area contributed by atoms with Gasteiger partial charge in [0.25, 0.3) is 0 Å². The maximum Gasteiger partial charge on any atom is 0.223 e. The Kier molecular flexibility index (Phi) is 5.81. The Labute approximate surface area is 170 Å². The second-order valence-corrected chi connectivity index (χ2v) is 8.28. The number of thioether (sulfide) groups is 1. The Morgan fingerprint density at radius 1 is 1.11 bits per heavy atom. The quantitative estimate of drug-likeness (QED) is 0.607. The van der Waals surface area contributed by atoms with Crippen molar-refractivity contribution in [3.63, 3.8) is 0 Å². The van der Waals surface area contributed by atoms with E-state index < -0.39 is 0 Å². The van der Waals surface area contributed by atoms with Gasteiger partial charge in [0.2, 0.25) is 5.91 Å². The molecule has 144 valence electrons. The van der Waals surface area contributed by atoms with Crippen LogP contribution in [0.25, 0.3) is 16.9 Å². The van der Waals surface area contributed by atoms with Crippen LogP contribution in [0, 0.1) is 0 Å². The molecular formula is C23H25N3OS. The molecule has 1 amide bonds. The molecule has 1 atom stereocenters. The number of rotatable bonds is 6.